The molecule has 3 nitrogen and oxygen atoms in total. The van der Waals surface area contributed by atoms with Gasteiger partial charge in [-0.05, 0) is 25.2 Å². The molecule has 0 fully saturated rings. The van der Waals surface area contributed by atoms with Gasteiger partial charge in [-0.25, -0.2) is 0 Å². The number of esters is 1. The third-order valence-corrected chi connectivity index (χ3v) is 2.92. The Labute approximate surface area is 93.4 Å². The molecule has 15 heavy (non-hydrogen) atoms. The molecule has 0 aromatic heterocycles. The highest BCUT2D eigenvalue weighted by Crippen LogP contribution is 2.35. The number of carbonyl (C=O) groups excluding carboxylic acids is 1. The molecule has 0 aliphatic heterocycles. The van der Waals surface area contributed by atoms with Gasteiger partial charge < -0.3 is 10.5 Å². The van der Waals surface area contributed by atoms with Crippen LogP contribution in [-0.4, -0.2) is 19.1 Å². The minimum Gasteiger partial charge on any atom is -0.466 e. The molecule has 90 valence electrons. The fourth-order valence-corrected chi connectivity index (χ4v) is 1.96. The average Bonchev–Trinajstić information content (AvgIpc) is 2.13. The molecule has 0 radical (unpaired) electrons. The maximum atomic E-state index is 12.0. The summed E-state index contributed by atoms with van der Waals surface area (Å²) in [6.07, 6.45) is 0.792. The number of hydrogen-bond donors (Lipinski definition) is 1. The average molecular weight is 215 g/mol. The van der Waals surface area contributed by atoms with E-state index in [-0.39, 0.29) is 11.9 Å². The third kappa shape index (κ3) is 3.49. The first kappa shape index (κ1) is 14.4. The van der Waals surface area contributed by atoms with E-state index in [1.165, 1.54) is 0 Å². The molecular formula is C12H25NO2. The van der Waals surface area contributed by atoms with Crippen molar-refractivity contribution in [3.05, 3.63) is 0 Å². The molecule has 1 atom stereocenters. The van der Waals surface area contributed by atoms with E-state index in [4.69, 9.17) is 10.5 Å². The molecular weight excluding hydrogens is 190 g/mol. The molecule has 0 bridgehead atoms. The van der Waals surface area contributed by atoms with Crippen molar-refractivity contribution in [3.8, 4) is 0 Å². The fraction of sp³-hybridized carbons (Fsp3) is 0.917. The Bertz CT molecular complexity index is 202. The number of ether oxygens (including phenoxy) is 1. The van der Waals surface area contributed by atoms with Crippen LogP contribution in [0.2, 0.25) is 0 Å². The van der Waals surface area contributed by atoms with Crippen LogP contribution >= 0.6 is 0 Å². The molecule has 0 saturated heterocycles. The fourth-order valence-electron chi connectivity index (χ4n) is 1.96. The Hall–Kier alpha value is -0.570. The van der Waals surface area contributed by atoms with Gasteiger partial charge in [-0.3, -0.25) is 4.79 Å². The summed E-state index contributed by atoms with van der Waals surface area (Å²) >= 11 is 0. The quantitative estimate of drug-likeness (QED) is 0.691. The molecule has 2 N–H and O–H groups in total. The lowest BCUT2D eigenvalue weighted by molar-refractivity contribution is -0.159. The minimum atomic E-state index is -0.510. The molecule has 0 amide bonds. The molecule has 3 heteroatoms. The summed E-state index contributed by atoms with van der Waals surface area (Å²) in [6, 6.07) is 0. The first-order valence-corrected chi connectivity index (χ1v) is 5.78. The van der Waals surface area contributed by atoms with Gasteiger partial charge in [0.05, 0.1) is 12.0 Å². The highest BCUT2D eigenvalue weighted by Gasteiger charge is 2.42. The summed E-state index contributed by atoms with van der Waals surface area (Å²) in [5.41, 5.74) is 5.28. The molecule has 1 unspecified atom stereocenters. The predicted molar refractivity (Wildman–Crippen MR) is 62.4 cm³/mol. The lowest BCUT2D eigenvalue weighted by Crippen LogP contribution is -2.45. The zero-order chi connectivity index (χ0) is 12.1. The Morgan fingerprint density at radius 3 is 2.13 bits per heavy atom. The van der Waals surface area contributed by atoms with E-state index in [9.17, 15) is 4.79 Å². The van der Waals surface area contributed by atoms with Gasteiger partial charge in [-0.1, -0.05) is 27.7 Å². The van der Waals surface area contributed by atoms with E-state index in [1.54, 1.807) is 0 Å². The highest BCUT2D eigenvalue weighted by molar-refractivity contribution is 5.77. The second-order valence-electron chi connectivity index (χ2n) is 4.83. The summed E-state index contributed by atoms with van der Waals surface area (Å²) < 4.78 is 5.14. The molecule has 0 aromatic carbocycles. The van der Waals surface area contributed by atoms with Crippen LogP contribution in [0.3, 0.4) is 0 Å². The van der Waals surface area contributed by atoms with Crippen molar-refractivity contribution >= 4 is 5.97 Å². The van der Waals surface area contributed by atoms with Crippen molar-refractivity contribution < 1.29 is 9.53 Å². The summed E-state index contributed by atoms with van der Waals surface area (Å²) in [4.78, 5) is 12.0. The number of rotatable bonds is 6. The predicted octanol–water partition coefficient (Wildman–Crippen LogP) is 2.20. The van der Waals surface area contributed by atoms with Gasteiger partial charge in [0.1, 0.15) is 0 Å². The molecule has 0 aromatic rings. The Morgan fingerprint density at radius 1 is 1.33 bits per heavy atom. The van der Waals surface area contributed by atoms with Crippen LogP contribution in [0.5, 0.6) is 0 Å². The highest BCUT2D eigenvalue weighted by atomic mass is 16.5. The Kier molecular flexibility index (Phi) is 5.88. The van der Waals surface area contributed by atoms with Gasteiger partial charge in [-0.2, -0.15) is 0 Å². The van der Waals surface area contributed by atoms with Crippen molar-refractivity contribution in [3.63, 3.8) is 0 Å². The molecule has 0 rings (SSSR count). The summed E-state index contributed by atoms with van der Waals surface area (Å²) in [5, 5.41) is 0. The van der Waals surface area contributed by atoms with Gasteiger partial charge in [0.2, 0.25) is 0 Å². The normalized spacial score (nSPS) is 15.5. The lowest BCUT2D eigenvalue weighted by atomic mass is 9.71. The largest absolute Gasteiger partial charge is 0.466 e. The van der Waals surface area contributed by atoms with E-state index in [0.29, 0.717) is 19.1 Å². The first-order valence-electron chi connectivity index (χ1n) is 5.78. The van der Waals surface area contributed by atoms with Crippen LogP contribution in [0.4, 0.5) is 0 Å². The first-order chi connectivity index (χ1) is 6.90. The van der Waals surface area contributed by atoms with Crippen molar-refractivity contribution in [2.75, 3.05) is 13.2 Å². The lowest BCUT2D eigenvalue weighted by Gasteiger charge is -2.35. The second kappa shape index (κ2) is 6.11. The van der Waals surface area contributed by atoms with Gasteiger partial charge in [0.15, 0.2) is 0 Å². The molecule has 0 aliphatic carbocycles. The number of hydrogen-bond acceptors (Lipinski definition) is 3. The van der Waals surface area contributed by atoms with Crippen LogP contribution in [-0.2, 0) is 9.53 Å². The number of carbonyl (C=O) groups is 1. The summed E-state index contributed by atoms with van der Waals surface area (Å²) in [6.45, 7) is 10.9. The van der Waals surface area contributed by atoms with Gasteiger partial charge in [0.25, 0.3) is 0 Å². The van der Waals surface area contributed by atoms with Crippen LogP contribution in [0.1, 0.15) is 41.0 Å². The maximum absolute atomic E-state index is 12.0. The van der Waals surface area contributed by atoms with E-state index in [2.05, 4.69) is 13.8 Å². The van der Waals surface area contributed by atoms with E-state index >= 15 is 0 Å². The smallest absolute Gasteiger partial charge is 0.313 e. The topological polar surface area (TPSA) is 52.3 Å². The van der Waals surface area contributed by atoms with Crippen LogP contribution in [0, 0.1) is 17.3 Å². The van der Waals surface area contributed by atoms with E-state index in [0.717, 1.165) is 6.42 Å². The van der Waals surface area contributed by atoms with Gasteiger partial charge >= 0.3 is 5.97 Å². The van der Waals surface area contributed by atoms with Crippen molar-refractivity contribution in [2.24, 2.45) is 23.0 Å². The standard InChI is InChI=1S/C12H25NO2/c1-6-15-11(14)12(8-13,10(4)5)7-9(2)3/h9-10H,6-8,13H2,1-5H3. The zero-order valence-corrected chi connectivity index (χ0v) is 10.7. The Morgan fingerprint density at radius 2 is 1.87 bits per heavy atom. The summed E-state index contributed by atoms with van der Waals surface area (Å²) in [5.74, 6) is 0.514. The zero-order valence-electron chi connectivity index (χ0n) is 10.7. The molecule has 0 saturated carbocycles. The van der Waals surface area contributed by atoms with Crippen LogP contribution in [0.25, 0.3) is 0 Å². The van der Waals surface area contributed by atoms with Gasteiger partial charge in [0, 0.05) is 6.54 Å². The summed E-state index contributed by atoms with van der Waals surface area (Å²) in [7, 11) is 0. The van der Waals surface area contributed by atoms with Crippen LogP contribution < -0.4 is 5.73 Å². The van der Waals surface area contributed by atoms with Crippen molar-refractivity contribution in [1.29, 1.82) is 0 Å². The van der Waals surface area contributed by atoms with Crippen molar-refractivity contribution in [1.82, 2.24) is 0 Å². The monoisotopic (exact) mass is 215 g/mol. The van der Waals surface area contributed by atoms with Crippen molar-refractivity contribution in [2.45, 2.75) is 41.0 Å². The number of nitrogens with two attached hydrogens (primary N) is 1. The minimum absolute atomic E-state index is 0.142. The molecule has 0 heterocycles. The SMILES string of the molecule is CCOC(=O)C(CN)(CC(C)C)C(C)C. The second-order valence-corrected chi connectivity index (χ2v) is 4.83. The Balaban J connectivity index is 4.88. The van der Waals surface area contributed by atoms with E-state index in [1.807, 2.05) is 20.8 Å². The molecule has 0 spiro atoms. The maximum Gasteiger partial charge on any atom is 0.313 e. The van der Waals surface area contributed by atoms with E-state index < -0.39 is 5.41 Å². The van der Waals surface area contributed by atoms with Gasteiger partial charge in [-0.15, -0.1) is 0 Å². The third-order valence-electron chi connectivity index (χ3n) is 2.92. The molecule has 0 aliphatic rings. The van der Waals surface area contributed by atoms with Crippen LogP contribution in [0.15, 0.2) is 0 Å².